The minimum atomic E-state index is 0.605. The zero-order chi connectivity index (χ0) is 17.5. The highest BCUT2D eigenvalue weighted by atomic mass is 16.5. The first-order valence-corrected chi connectivity index (χ1v) is 8.49. The van der Waals surface area contributed by atoms with Crippen molar-refractivity contribution in [2.24, 2.45) is 0 Å². The SMILES string of the molecule is C/C(=C\C=C(/C)OCCn1cnc2ncccc21)Cc1ccccc1. The van der Waals surface area contributed by atoms with Gasteiger partial charge in [0.25, 0.3) is 0 Å². The first kappa shape index (κ1) is 17.0. The summed E-state index contributed by atoms with van der Waals surface area (Å²) in [6.07, 6.45) is 8.68. The van der Waals surface area contributed by atoms with Crippen LogP contribution in [0.25, 0.3) is 11.2 Å². The highest BCUT2D eigenvalue weighted by molar-refractivity contribution is 5.70. The van der Waals surface area contributed by atoms with E-state index in [4.69, 9.17) is 4.74 Å². The zero-order valence-electron chi connectivity index (χ0n) is 14.7. The predicted molar refractivity (Wildman–Crippen MR) is 101 cm³/mol. The van der Waals surface area contributed by atoms with Crippen molar-refractivity contribution in [3.8, 4) is 0 Å². The van der Waals surface area contributed by atoms with Crippen molar-refractivity contribution in [3.05, 3.63) is 84.0 Å². The van der Waals surface area contributed by atoms with Gasteiger partial charge >= 0.3 is 0 Å². The van der Waals surface area contributed by atoms with Crippen molar-refractivity contribution in [2.75, 3.05) is 6.61 Å². The number of pyridine rings is 1. The van der Waals surface area contributed by atoms with Gasteiger partial charge < -0.3 is 9.30 Å². The number of hydrogen-bond donors (Lipinski definition) is 0. The second kappa shape index (κ2) is 8.29. The molecule has 128 valence electrons. The molecular formula is C21H23N3O. The van der Waals surface area contributed by atoms with Crippen molar-refractivity contribution < 1.29 is 4.74 Å². The molecule has 25 heavy (non-hydrogen) atoms. The highest BCUT2D eigenvalue weighted by Gasteiger charge is 2.02. The molecule has 0 radical (unpaired) electrons. The first-order valence-electron chi connectivity index (χ1n) is 8.49. The number of rotatable bonds is 7. The second-order valence-corrected chi connectivity index (χ2v) is 6.09. The predicted octanol–water partition coefficient (Wildman–Crippen LogP) is 4.54. The van der Waals surface area contributed by atoms with E-state index in [0.717, 1.165) is 29.9 Å². The molecule has 0 unspecified atom stereocenters. The lowest BCUT2D eigenvalue weighted by Gasteiger charge is -2.07. The van der Waals surface area contributed by atoms with Crippen LogP contribution in [0.1, 0.15) is 19.4 Å². The first-order chi connectivity index (χ1) is 12.2. The smallest absolute Gasteiger partial charge is 0.177 e. The number of allylic oxidation sites excluding steroid dienone is 4. The summed E-state index contributed by atoms with van der Waals surface area (Å²) < 4.78 is 7.87. The van der Waals surface area contributed by atoms with Gasteiger partial charge in [-0.25, -0.2) is 9.97 Å². The molecule has 2 aromatic heterocycles. The summed E-state index contributed by atoms with van der Waals surface area (Å²) in [5, 5.41) is 0. The lowest BCUT2D eigenvalue weighted by Crippen LogP contribution is -2.04. The maximum absolute atomic E-state index is 5.81. The van der Waals surface area contributed by atoms with Crippen LogP contribution in [-0.2, 0) is 17.7 Å². The molecule has 4 heteroatoms. The van der Waals surface area contributed by atoms with Crippen molar-refractivity contribution in [1.29, 1.82) is 0 Å². The van der Waals surface area contributed by atoms with E-state index >= 15 is 0 Å². The highest BCUT2D eigenvalue weighted by Crippen LogP contribution is 2.10. The van der Waals surface area contributed by atoms with Crippen molar-refractivity contribution in [2.45, 2.75) is 26.8 Å². The lowest BCUT2D eigenvalue weighted by atomic mass is 10.1. The monoisotopic (exact) mass is 333 g/mol. The number of aromatic nitrogens is 3. The normalized spacial score (nSPS) is 12.6. The number of nitrogens with zero attached hydrogens (tertiary/aromatic N) is 3. The van der Waals surface area contributed by atoms with Gasteiger partial charge in [0.05, 0.1) is 24.1 Å². The summed E-state index contributed by atoms with van der Waals surface area (Å²) in [7, 11) is 0. The molecule has 1 aromatic carbocycles. The molecule has 0 atom stereocenters. The van der Waals surface area contributed by atoms with E-state index in [0.29, 0.717) is 6.61 Å². The maximum atomic E-state index is 5.81. The second-order valence-electron chi connectivity index (χ2n) is 6.09. The van der Waals surface area contributed by atoms with Crippen LogP contribution in [0.4, 0.5) is 0 Å². The molecule has 0 N–H and O–H groups in total. The van der Waals surface area contributed by atoms with Crippen molar-refractivity contribution >= 4 is 11.2 Å². The Bertz CT molecular complexity index is 878. The van der Waals surface area contributed by atoms with Crippen molar-refractivity contribution in [3.63, 3.8) is 0 Å². The summed E-state index contributed by atoms with van der Waals surface area (Å²) in [6, 6.07) is 14.4. The molecule has 3 rings (SSSR count). The van der Waals surface area contributed by atoms with Gasteiger partial charge in [-0.1, -0.05) is 42.0 Å². The fourth-order valence-corrected chi connectivity index (χ4v) is 2.67. The van der Waals surface area contributed by atoms with Crippen LogP contribution in [0, 0.1) is 0 Å². The van der Waals surface area contributed by atoms with Gasteiger partial charge in [-0.15, -0.1) is 0 Å². The Morgan fingerprint density at radius 1 is 1.04 bits per heavy atom. The molecule has 0 aliphatic heterocycles. The van der Waals surface area contributed by atoms with Gasteiger partial charge in [0.2, 0.25) is 0 Å². The van der Waals surface area contributed by atoms with Crippen LogP contribution in [0.5, 0.6) is 0 Å². The van der Waals surface area contributed by atoms with E-state index in [1.807, 2.05) is 37.5 Å². The van der Waals surface area contributed by atoms with Crippen molar-refractivity contribution in [1.82, 2.24) is 14.5 Å². The number of hydrogen-bond acceptors (Lipinski definition) is 3. The van der Waals surface area contributed by atoms with Crippen LogP contribution in [0.2, 0.25) is 0 Å². The molecule has 0 amide bonds. The fraction of sp³-hybridized carbons (Fsp3) is 0.238. The minimum absolute atomic E-state index is 0.605. The van der Waals surface area contributed by atoms with Gasteiger partial charge in [0, 0.05) is 6.20 Å². The van der Waals surface area contributed by atoms with Gasteiger partial charge in [0.1, 0.15) is 6.61 Å². The Balaban J connectivity index is 1.51. The zero-order valence-corrected chi connectivity index (χ0v) is 14.7. The van der Waals surface area contributed by atoms with Crippen LogP contribution in [0.15, 0.2) is 78.5 Å². The molecular weight excluding hydrogens is 310 g/mol. The Labute approximate surface area is 148 Å². The molecule has 0 aliphatic carbocycles. The number of fused-ring (bicyclic) bond motifs is 1. The van der Waals surface area contributed by atoms with Gasteiger partial charge in [-0.05, 0) is 44.0 Å². The number of ether oxygens (including phenoxy) is 1. The van der Waals surface area contributed by atoms with E-state index in [1.165, 1.54) is 11.1 Å². The molecule has 2 heterocycles. The summed E-state index contributed by atoms with van der Waals surface area (Å²) in [4.78, 5) is 8.52. The van der Waals surface area contributed by atoms with Gasteiger partial charge in [-0.2, -0.15) is 0 Å². The summed E-state index contributed by atoms with van der Waals surface area (Å²) in [5.41, 5.74) is 4.44. The molecule has 0 saturated heterocycles. The van der Waals surface area contributed by atoms with Crippen LogP contribution < -0.4 is 0 Å². The topological polar surface area (TPSA) is 39.9 Å². The van der Waals surface area contributed by atoms with Gasteiger partial charge in [-0.3, -0.25) is 0 Å². The standard InChI is InChI=1S/C21H23N3O/c1-17(15-19-7-4-3-5-8-19)10-11-18(2)25-14-13-24-16-23-21-20(24)9-6-12-22-21/h3-12,16H,13-15H2,1-2H3/b17-10+,18-11+. The van der Waals surface area contributed by atoms with Crippen LogP contribution in [0.3, 0.4) is 0 Å². The average Bonchev–Trinajstić information content (AvgIpc) is 3.04. The Kier molecular flexibility index (Phi) is 5.62. The molecule has 4 nitrogen and oxygen atoms in total. The Morgan fingerprint density at radius 2 is 1.88 bits per heavy atom. The third-order valence-electron chi connectivity index (χ3n) is 3.99. The third kappa shape index (κ3) is 4.80. The van der Waals surface area contributed by atoms with E-state index in [-0.39, 0.29) is 0 Å². The quantitative estimate of drug-likeness (QED) is 0.471. The molecule has 3 aromatic rings. The largest absolute Gasteiger partial charge is 0.496 e. The molecule has 0 saturated carbocycles. The number of benzene rings is 1. The molecule has 0 fully saturated rings. The van der Waals surface area contributed by atoms with E-state index in [1.54, 1.807) is 6.20 Å². The summed E-state index contributed by atoms with van der Waals surface area (Å²) in [5.74, 6) is 0.912. The number of imidazole rings is 1. The molecule has 0 bridgehead atoms. The Hall–Kier alpha value is -2.88. The van der Waals surface area contributed by atoms with E-state index in [2.05, 4.69) is 51.8 Å². The maximum Gasteiger partial charge on any atom is 0.177 e. The minimum Gasteiger partial charge on any atom is -0.496 e. The van der Waals surface area contributed by atoms with E-state index in [9.17, 15) is 0 Å². The fourth-order valence-electron chi connectivity index (χ4n) is 2.67. The summed E-state index contributed by atoms with van der Waals surface area (Å²) in [6.45, 7) is 5.48. The van der Waals surface area contributed by atoms with Gasteiger partial charge in [0.15, 0.2) is 5.65 Å². The molecule has 0 spiro atoms. The van der Waals surface area contributed by atoms with Crippen LogP contribution in [-0.4, -0.2) is 21.1 Å². The molecule has 0 aliphatic rings. The van der Waals surface area contributed by atoms with Crippen LogP contribution >= 0.6 is 0 Å². The lowest BCUT2D eigenvalue weighted by molar-refractivity contribution is 0.203. The summed E-state index contributed by atoms with van der Waals surface area (Å²) >= 11 is 0. The third-order valence-corrected chi connectivity index (χ3v) is 3.99. The average molecular weight is 333 g/mol. The van der Waals surface area contributed by atoms with E-state index < -0.39 is 0 Å². The Morgan fingerprint density at radius 3 is 2.72 bits per heavy atom.